The SMILES string of the molecule is O=C(O)C(=O)Cc1ccc(O)cc1.O=c1cco[nH]1. The van der Waals surface area contributed by atoms with Crippen LogP contribution in [-0.2, 0) is 16.0 Å². The number of hydrogen-bond donors (Lipinski definition) is 3. The summed E-state index contributed by atoms with van der Waals surface area (Å²) in [7, 11) is 0. The standard InChI is InChI=1S/C9H8O4.C3H3NO2/c10-7-3-1-6(2-4-7)5-8(11)9(12)13;5-3-1-2-6-4-3/h1-4,10H,5H2,(H,12,13);1-2H,(H,4,5). The van der Waals surface area contributed by atoms with E-state index in [4.69, 9.17) is 10.2 Å². The van der Waals surface area contributed by atoms with E-state index in [-0.39, 0.29) is 17.7 Å². The average Bonchev–Trinajstić information content (AvgIpc) is 2.84. The quantitative estimate of drug-likeness (QED) is 0.697. The third-order valence-electron chi connectivity index (χ3n) is 1.99. The first kappa shape index (κ1) is 14.2. The minimum Gasteiger partial charge on any atom is -0.508 e. The molecule has 2 aromatic rings. The predicted octanol–water partition coefficient (Wildman–Crippen LogP) is 0.556. The molecule has 7 heteroatoms. The van der Waals surface area contributed by atoms with Crippen molar-refractivity contribution in [3.8, 4) is 5.75 Å². The fourth-order valence-electron chi connectivity index (χ4n) is 1.10. The lowest BCUT2D eigenvalue weighted by Crippen LogP contribution is -2.14. The Morgan fingerprint density at radius 1 is 1.16 bits per heavy atom. The highest BCUT2D eigenvalue weighted by Gasteiger charge is 2.11. The van der Waals surface area contributed by atoms with Gasteiger partial charge in [0.05, 0.1) is 0 Å². The normalized spacial score (nSPS) is 9.26. The van der Waals surface area contributed by atoms with Gasteiger partial charge in [0.2, 0.25) is 5.78 Å². The third-order valence-corrected chi connectivity index (χ3v) is 1.99. The second kappa shape index (κ2) is 6.80. The number of hydrogen-bond acceptors (Lipinski definition) is 5. The lowest BCUT2D eigenvalue weighted by Gasteiger charge is -1.97. The Hall–Kier alpha value is -2.83. The zero-order valence-corrected chi connectivity index (χ0v) is 9.70. The molecule has 0 saturated heterocycles. The van der Waals surface area contributed by atoms with Crippen molar-refractivity contribution in [3.05, 3.63) is 52.5 Å². The second-order valence-corrected chi connectivity index (χ2v) is 3.46. The molecule has 0 spiro atoms. The van der Waals surface area contributed by atoms with Crippen molar-refractivity contribution in [2.75, 3.05) is 0 Å². The number of aromatic nitrogens is 1. The van der Waals surface area contributed by atoms with Crippen molar-refractivity contribution in [1.82, 2.24) is 5.16 Å². The van der Waals surface area contributed by atoms with Gasteiger partial charge in [-0.25, -0.2) is 4.79 Å². The Labute approximate surface area is 107 Å². The number of aromatic amines is 1. The summed E-state index contributed by atoms with van der Waals surface area (Å²) < 4.78 is 4.28. The van der Waals surface area contributed by atoms with E-state index in [0.717, 1.165) is 0 Å². The van der Waals surface area contributed by atoms with Gasteiger partial charge in [-0.1, -0.05) is 12.1 Å². The Morgan fingerprint density at radius 3 is 2.16 bits per heavy atom. The van der Waals surface area contributed by atoms with E-state index in [2.05, 4.69) is 9.68 Å². The zero-order valence-electron chi connectivity index (χ0n) is 9.70. The molecule has 2 rings (SSSR count). The number of carboxylic acids is 1. The predicted molar refractivity (Wildman–Crippen MR) is 63.8 cm³/mol. The summed E-state index contributed by atoms with van der Waals surface area (Å²) in [6.45, 7) is 0. The molecule has 0 bridgehead atoms. The number of aromatic hydroxyl groups is 1. The lowest BCUT2D eigenvalue weighted by molar-refractivity contribution is -0.148. The molecule has 0 atom stereocenters. The number of ketones is 1. The van der Waals surface area contributed by atoms with Gasteiger partial charge in [-0.15, -0.1) is 0 Å². The molecular formula is C12H11NO6. The van der Waals surface area contributed by atoms with Crippen molar-refractivity contribution >= 4 is 11.8 Å². The van der Waals surface area contributed by atoms with Crippen molar-refractivity contribution in [1.29, 1.82) is 0 Å². The number of carbonyl (C=O) groups is 2. The number of H-pyrrole nitrogens is 1. The Balaban J connectivity index is 0.000000250. The van der Waals surface area contributed by atoms with Crippen LogP contribution in [0.25, 0.3) is 0 Å². The number of phenols is 1. The van der Waals surface area contributed by atoms with Gasteiger partial charge in [-0.3, -0.25) is 9.59 Å². The molecule has 0 fully saturated rings. The van der Waals surface area contributed by atoms with Crippen LogP contribution >= 0.6 is 0 Å². The van der Waals surface area contributed by atoms with Crippen LogP contribution < -0.4 is 5.56 Å². The molecule has 1 aromatic heterocycles. The highest BCUT2D eigenvalue weighted by Crippen LogP contribution is 2.10. The van der Waals surface area contributed by atoms with Crippen molar-refractivity contribution in [2.45, 2.75) is 6.42 Å². The van der Waals surface area contributed by atoms with Crippen molar-refractivity contribution in [2.24, 2.45) is 0 Å². The molecule has 0 aliphatic rings. The fourth-order valence-corrected chi connectivity index (χ4v) is 1.10. The van der Waals surface area contributed by atoms with Gasteiger partial charge in [-0.05, 0) is 17.7 Å². The molecule has 1 aromatic carbocycles. The number of benzene rings is 1. The Bertz CT molecular complexity index is 578. The van der Waals surface area contributed by atoms with Gasteiger partial charge in [0.1, 0.15) is 12.0 Å². The summed E-state index contributed by atoms with van der Waals surface area (Å²) in [5.41, 5.74) is 0.375. The maximum absolute atomic E-state index is 10.7. The molecule has 0 unspecified atom stereocenters. The van der Waals surface area contributed by atoms with Gasteiger partial charge in [-0.2, -0.15) is 5.16 Å². The van der Waals surface area contributed by atoms with Gasteiger partial charge < -0.3 is 14.7 Å². The first-order valence-corrected chi connectivity index (χ1v) is 5.15. The van der Waals surface area contributed by atoms with Crippen molar-refractivity contribution in [3.63, 3.8) is 0 Å². The molecule has 0 aliphatic heterocycles. The van der Waals surface area contributed by atoms with E-state index in [0.29, 0.717) is 5.56 Å². The molecule has 100 valence electrons. The van der Waals surface area contributed by atoms with E-state index in [1.165, 1.54) is 36.6 Å². The van der Waals surface area contributed by atoms with Crippen LogP contribution in [0.4, 0.5) is 0 Å². The van der Waals surface area contributed by atoms with Crippen LogP contribution in [0.2, 0.25) is 0 Å². The highest BCUT2D eigenvalue weighted by atomic mass is 16.5. The summed E-state index contributed by atoms with van der Waals surface area (Å²) in [4.78, 5) is 30.8. The zero-order chi connectivity index (χ0) is 14.3. The first-order valence-electron chi connectivity index (χ1n) is 5.15. The van der Waals surface area contributed by atoms with E-state index in [9.17, 15) is 14.4 Å². The molecule has 19 heavy (non-hydrogen) atoms. The number of aliphatic carboxylic acids is 1. The monoisotopic (exact) mass is 265 g/mol. The maximum atomic E-state index is 10.7. The van der Waals surface area contributed by atoms with E-state index in [1.807, 2.05) is 0 Å². The smallest absolute Gasteiger partial charge is 0.372 e. The van der Waals surface area contributed by atoms with Gasteiger partial charge in [0.25, 0.3) is 5.56 Å². The first-order chi connectivity index (χ1) is 8.99. The number of Topliss-reactive ketones (excluding diaryl/α,β-unsaturated/α-hetero) is 1. The van der Waals surface area contributed by atoms with Crippen LogP contribution in [0.3, 0.4) is 0 Å². The number of carboxylic acid groups (broad SMARTS) is 1. The fraction of sp³-hybridized carbons (Fsp3) is 0.0833. The second-order valence-electron chi connectivity index (χ2n) is 3.46. The van der Waals surface area contributed by atoms with E-state index in [1.54, 1.807) is 0 Å². The van der Waals surface area contributed by atoms with E-state index >= 15 is 0 Å². The minimum absolute atomic E-state index is 0.0894. The molecule has 0 saturated carbocycles. The molecule has 7 nitrogen and oxygen atoms in total. The van der Waals surface area contributed by atoms with Crippen LogP contribution in [0.15, 0.2) is 45.9 Å². The highest BCUT2D eigenvalue weighted by molar-refractivity contribution is 6.33. The minimum atomic E-state index is -1.44. The van der Waals surface area contributed by atoms with Crippen LogP contribution in [0.1, 0.15) is 5.56 Å². The van der Waals surface area contributed by atoms with Crippen LogP contribution in [0, 0.1) is 0 Å². The topological polar surface area (TPSA) is 121 Å². The molecule has 3 N–H and O–H groups in total. The molecule has 0 amide bonds. The van der Waals surface area contributed by atoms with Crippen LogP contribution in [0.5, 0.6) is 5.75 Å². The molecule has 0 radical (unpaired) electrons. The van der Waals surface area contributed by atoms with Gasteiger partial charge in [0, 0.05) is 12.5 Å². The van der Waals surface area contributed by atoms with Gasteiger partial charge >= 0.3 is 5.97 Å². The number of carbonyl (C=O) groups excluding carboxylic acids is 1. The summed E-state index contributed by atoms with van der Waals surface area (Å²) in [5.74, 6) is -2.20. The molecule has 0 aliphatic carbocycles. The Kier molecular flexibility index (Phi) is 5.09. The lowest BCUT2D eigenvalue weighted by atomic mass is 10.1. The maximum Gasteiger partial charge on any atom is 0.372 e. The summed E-state index contributed by atoms with van der Waals surface area (Å²) >= 11 is 0. The van der Waals surface area contributed by atoms with Crippen LogP contribution in [-0.4, -0.2) is 27.1 Å². The largest absolute Gasteiger partial charge is 0.508 e. The van der Waals surface area contributed by atoms with E-state index < -0.39 is 11.8 Å². The molecule has 1 heterocycles. The van der Waals surface area contributed by atoms with Gasteiger partial charge in [0.15, 0.2) is 0 Å². The van der Waals surface area contributed by atoms with Crippen molar-refractivity contribution < 1.29 is 24.3 Å². The average molecular weight is 265 g/mol. The number of phenolic OH excluding ortho intramolecular Hbond substituents is 1. The third kappa shape index (κ3) is 5.35. The summed E-state index contributed by atoms with van der Waals surface area (Å²) in [6, 6.07) is 7.14. The number of nitrogens with one attached hydrogen (secondary N) is 1. The number of rotatable bonds is 3. The summed E-state index contributed by atoms with van der Waals surface area (Å²) in [5, 5.41) is 19.3. The Morgan fingerprint density at radius 2 is 1.79 bits per heavy atom. The summed E-state index contributed by atoms with van der Waals surface area (Å²) in [6.07, 6.45) is 1.15. The molecular weight excluding hydrogens is 254 g/mol.